The van der Waals surface area contributed by atoms with Gasteiger partial charge in [-0.25, -0.2) is 0 Å². The molecular formula is C23H28N2O2. The highest BCUT2D eigenvalue weighted by Gasteiger charge is 2.56. The van der Waals surface area contributed by atoms with Gasteiger partial charge < -0.3 is 10.6 Å². The molecule has 0 unspecified atom stereocenters. The van der Waals surface area contributed by atoms with Gasteiger partial charge in [0.05, 0.1) is 0 Å². The smallest absolute Gasteiger partial charge is 0.240 e. The summed E-state index contributed by atoms with van der Waals surface area (Å²) < 4.78 is 0. The van der Waals surface area contributed by atoms with Crippen LogP contribution < -0.4 is 10.6 Å². The summed E-state index contributed by atoms with van der Waals surface area (Å²) in [7, 11) is 0. The van der Waals surface area contributed by atoms with Crippen molar-refractivity contribution >= 4 is 23.2 Å². The Morgan fingerprint density at radius 1 is 0.889 bits per heavy atom. The van der Waals surface area contributed by atoms with Crippen molar-refractivity contribution in [1.82, 2.24) is 0 Å². The first kappa shape index (κ1) is 19.2. The maximum absolute atomic E-state index is 12.8. The Morgan fingerprint density at radius 2 is 1.48 bits per heavy atom. The van der Waals surface area contributed by atoms with Crippen molar-refractivity contribution in [3.05, 3.63) is 59.2 Å². The largest absolute Gasteiger partial charge is 0.325 e. The predicted molar refractivity (Wildman–Crippen MR) is 110 cm³/mol. The van der Waals surface area contributed by atoms with E-state index < -0.39 is 5.41 Å². The average molecular weight is 364 g/mol. The number of benzene rings is 2. The van der Waals surface area contributed by atoms with Gasteiger partial charge >= 0.3 is 0 Å². The van der Waals surface area contributed by atoms with E-state index in [1.807, 2.05) is 56.3 Å². The quantitative estimate of drug-likeness (QED) is 0.754. The third-order valence-electron chi connectivity index (χ3n) is 5.26. The molecule has 2 amide bonds. The van der Waals surface area contributed by atoms with E-state index in [2.05, 4.69) is 31.4 Å². The Balaban J connectivity index is 1.69. The van der Waals surface area contributed by atoms with Gasteiger partial charge in [0.15, 0.2) is 0 Å². The lowest BCUT2D eigenvalue weighted by molar-refractivity contribution is -0.131. The minimum Gasteiger partial charge on any atom is -0.325 e. The third-order valence-corrected chi connectivity index (χ3v) is 5.26. The van der Waals surface area contributed by atoms with Crippen LogP contribution in [0.25, 0.3) is 0 Å². The second kappa shape index (κ2) is 6.84. The number of nitrogens with one attached hydrogen (secondary N) is 2. The lowest BCUT2D eigenvalue weighted by Gasteiger charge is -2.20. The Bertz CT molecular complexity index is 872. The molecule has 2 aromatic carbocycles. The van der Waals surface area contributed by atoms with Gasteiger partial charge in [-0.05, 0) is 61.4 Å². The Morgan fingerprint density at radius 3 is 2.00 bits per heavy atom. The van der Waals surface area contributed by atoms with Gasteiger partial charge in [-0.1, -0.05) is 50.6 Å². The molecule has 0 radical (unpaired) electrons. The van der Waals surface area contributed by atoms with Gasteiger partial charge in [-0.2, -0.15) is 0 Å². The Kier molecular flexibility index (Phi) is 4.85. The molecule has 2 N–H and O–H groups in total. The molecule has 0 heterocycles. The summed E-state index contributed by atoms with van der Waals surface area (Å²) >= 11 is 0. The number of hydrogen-bond acceptors (Lipinski definition) is 2. The summed E-state index contributed by atoms with van der Waals surface area (Å²) in [4.78, 5) is 25.6. The summed E-state index contributed by atoms with van der Waals surface area (Å²) in [6.07, 6.45) is 1.16. The molecule has 1 aliphatic rings. The van der Waals surface area contributed by atoms with Crippen molar-refractivity contribution in [3.63, 3.8) is 0 Å². The minimum absolute atomic E-state index is 0.0615. The summed E-state index contributed by atoms with van der Waals surface area (Å²) in [6.45, 7) is 10.4. The van der Waals surface area contributed by atoms with Crippen molar-refractivity contribution in [2.45, 2.75) is 52.9 Å². The van der Waals surface area contributed by atoms with Gasteiger partial charge in [0.1, 0.15) is 5.41 Å². The first-order valence-electron chi connectivity index (χ1n) is 9.42. The summed E-state index contributed by atoms with van der Waals surface area (Å²) in [5.74, 6) is -0.452. The topological polar surface area (TPSA) is 58.2 Å². The molecule has 0 spiro atoms. The van der Waals surface area contributed by atoms with Crippen LogP contribution in [0.3, 0.4) is 0 Å². The van der Waals surface area contributed by atoms with Gasteiger partial charge in [0.25, 0.3) is 0 Å². The highest BCUT2D eigenvalue weighted by atomic mass is 16.2. The van der Waals surface area contributed by atoms with E-state index in [-0.39, 0.29) is 17.2 Å². The van der Waals surface area contributed by atoms with E-state index >= 15 is 0 Å². The second-order valence-corrected chi connectivity index (χ2v) is 8.64. The molecule has 0 aliphatic heterocycles. The highest BCUT2D eigenvalue weighted by molar-refractivity contribution is 6.17. The number of carbonyl (C=O) groups is 2. The molecule has 3 rings (SSSR count). The normalized spacial score (nSPS) is 15.1. The molecule has 2 aromatic rings. The van der Waals surface area contributed by atoms with Crippen LogP contribution in [0.5, 0.6) is 0 Å². The second-order valence-electron chi connectivity index (χ2n) is 8.64. The standard InChI is InChI=1S/C23H28N2O2/c1-15-6-11-19(16(2)14-15)25-21(27)23(12-13-23)20(26)24-18-9-7-17(8-10-18)22(3,4)5/h6-11,14H,12-13H2,1-5H3,(H,24,26)(H,25,27). The van der Waals surface area contributed by atoms with Crippen LogP contribution in [0.15, 0.2) is 42.5 Å². The molecule has 0 bridgehead atoms. The van der Waals surface area contributed by atoms with Gasteiger partial charge in [-0.15, -0.1) is 0 Å². The fourth-order valence-corrected chi connectivity index (χ4v) is 3.18. The van der Waals surface area contributed by atoms with Crippen LogP contribution >= 0.6 is 0 Å². The molecule has 142 valence electrons. The lowest BCUT2D eigenvalue weighted by atomic mass is 9.87. The molecule has 1 fully saturated rings. The molecular weight excluding hydrogens is 336 g/mol. The Hall–Kier alpha value is -2.62. The zero-order valence-corrected chi connectivity index (χ0v) is 16.8. The van der Waals surface area contributed by atoms with Gasteiger partial charge in [-0.3, -0.25) is 9.59 Å². The van der Waals surface area contributed by atoms with Crippen LogP contribution in [0.1, 0.15) is 50.3 Å². The number of amides is 2. The molecule has 4 heteroatoms. The third kappa shape index (κ3) is 4.05. The number of carbonyl (C=O) groups excluding carboxylic acids is 2. The maximum Gasteiger partial charge on any atom is 0.240 e. The molecule has 1 saturated carbocycles. The summed E-state index contributed by atoms with van der Waals surface area (Å²) in [5, 5.41) is 5.85. The van der Waals surface area contributed by atoms with Crippen LogP contribution in [-0.4, -0.2) is 11.8 Å². The fraction of sp³-hybridized carbons (Fsp3) is 0.391. The first-order chi connectivity index (χ1) is 12.6. The van der Waals surface area contributed by atoms with Crippen LogP contribution in [-0.2, 0) is 15.0 Å². The van der Waals surface area contributed by atoms with Crippen LogP contribution in [0.4, 0.5) is 11.4 Å². The van der Waals surface area contributed by atoms with Crippen molar-refractivity contribution in [3.8, 4) is 0 Å². The first-order valence-corrected chi connectivity index (χ1v) is 9.42. The SMILES string of the molecule is Cc1ccc(NC(=O)C2(C(=O)Nc3ccc(C(C)(C)C)cc3)CC2)c(C)c1. The van der Waals surface area contributed by atoms with E-state index in [1.54, 1.807) is 0 Å². The molecule has 0 aromatic heterocycles. The monoisotopic (exact) mass is 364 g/mol. The van der Waals surface area contributed by atoms with E-state index in [0.29, 0.717) is 12.8 Å². The average Bonchev–Trinajstić information content (AvgIpc) is 3.39. The molecule has 0 saturated heterocycles. The van der Waals surface area contributed by atoms with Crippen molar-refractivity contribution in [2.75, 3.05) is 10.6 Å². The van der Waals surface area contributed by atoms with Crippen LogP contribution in [0.2, 0.25) is 0 Å². The van der Waals surface area contributed by atoms with E-state index in [4.69, 9.17) is 0 Å². The number of rotatable bonds is 4. The van der Waals surface area contributed by atoms with Crippen molar-refractivity contribution in [1.29, 1.82) is 0 Å². The number of anilines is 2. The molecule has 1 aliphatic carbocycles. The molecule has 0 atom stereocenters. The van der Waals surface area contributed by atoms with Gasteiger partial charge in [0, 0.05) is 11.4 Å². The van der Waals surface area contributed by atoms with E-state index in [1.165, 1.54) is 5.56 Å². The fourth-order valence-electron chi connectivity index (χ4n) is 3.18. The van der Waals surface area contributed by atoms with Crippen molar-refractivity contribution in [2.24, 2.45) is 5.41 Å². The van der Waals surface area contributed by atoms with E-state index in [0.717, 1.165) is 22.5 Å². The lowest BCUT2D eigenvalue weighted by Crippen LogP contribution is -2.35. The predicted octanol–water partition coefficient (Wildman–Crippen LogP) is 4.96. The summed E-state index contributed by atoms with van der Waals surface area (Å²) in [6, 6.07) is 13.7. The highest BCUT2D eigenvalue weighted by Crippen LogP contribution is 2.47. The summed E-state index contributed by atoms with van der Waals surface area (Å²) in [5.41, 5.74) is 3.93. The van der Waals surface area contributed by atoms with E-state index in [9.17, 15) is 9.59 Å². The number of aryl methyl sites for hydroxylation is 2. The van der Waals surface area contributed by atoms with Crippen molar-refractivity contribution < 1.29 is 9.59 Å². The molecule has 4 nitrogen and oxygen atoms in total. The van der Waals surface area contributed by atoms with Crippen LogP contribution in [0, 0.1) is 19.3 Å². The number of hydrogen-bond donors (Lipinski definition) is 2. The zero-order valence-electron chi connectivity index (χ0n) is 16.8. The minimum atomic E-state index is -0.958. The van der Waals surface area contributed by atoms with Gasteiger partial charge in [0.2, 0.25) is 11.8 Å². The zero-order chi connectivity index (χ0) is 19.8. The Labute approximate surface area is 161 Å². The molecule has 27 heavy (non-hydrogen) atoms. The maximum atomic E-state index is 12.8.